The minimum Gasteiger partial charge on any atom is -0.493 e. The van der Waals surface area contributed by atoms with Crippen molar-refractivity contribution >= 4 is 40.9 Å². The monoisotopic (exact) mass is 426 g/mol. The van der Waals surface area contributed by atoms with Crippen LogP contribution in [0.1, 0.15) is 23.2 Å². The van der Waals surface area contributed by atoms with Crippen molar-refractivity contribution in [2.24, 2.45) is 0 Å². The quantitative estimate of drug-likeness (QED) is 0.725. The molecule has 21 heavy (non-hydrogen) atoms. The third-order valence-electron chi connectivity index (χ3n) is 3.35. The lowest BCUT2D eigenvalue weighted by atomic mass is 10.1. The first-order valence-corrected chi connectivity index (χ1v) is 7.66. The number of hydrogen-bond donors (Lipinski definition) is 2. The molecule has 0 spiro atoms. The average Bonchev–Trinajstić information content (AvgIpc) is 2.47. The van der Waals surface area contributed by atoms with E-state index in [0.29, 0.717) is 17.1 Å². The smallest absolute Gasteiger partial charge is 0.252 e. The molecule has 1 aliphatic heterocycles. The van der Waals surface area contributed by atoms with Crippen molar-refractivity contribution in [3.05, 3.63) is 21.3 Å². The zero-order valence-electron chi connectivity index (χ0n) is 12.1. The number of methoxy groups -OCH3 is 2. The molecular formula is C14H20ClIN2O3. The Labute approximate surface area is 144 Å². The molecule has 1 aliphatic rings. The summed E-state index contributed by atoms with van der Waals surface area (Å²) in [4.78, 5) is 12.4. The Morgan fingerprint density at radius 1 is 1.33 bits per heavy atom. The molecule has 5 nitrogen and oxygen atoms in total. The average molecular weight is 427 g/mol. The van der Waals surface area contributed by atoms with E-state index >= 15 is 0 Å². The first-order chi connectivity index (χ1) is 9.65. The lowest BCUT2D eigenvalue weighted by molar-refractivity contribution is 0.0929. The van der Waals surface area contributed by atoms with Gasteiger partial charge in [0.2, 0.25) is 0 Å². The molecular weight excluding hydrogens is 407 g/mol. The van der Waals surface area contributed by atoms with Gasteiger partial charge in [0, 0.05) is 16.2 Å². The van der Waals surface area contributed by atoms with Crippen molar-refractivity contribution in [3.63, 3.8) is 0 Å². The Morgan fingerprint density at radius 3 is 2.57 bits per heavy atom. The minimum absolute atomic E-state index is 0. The van der Waals surface area contributed by atoms with Gasteiger partial charge in [0.1, 0.15) is 0 Å². The zero-order valence-corrected chi connectivity index (χ0v) is 15.0. The molecule has 1 aromatic rings. The summed E-state index contributed by atoms with van der Waals surface area (Å²) in [7, 11) is 3.15. The Bertz CT molecular complexity index is 493. The van der Waals surface area contributed by atoms with Gasteiger partial charge in [-0.1, -0.05) is 0 Å². The molecule has 1 atom stereocenters. The van der Waals surface area contributed by atoms with Crippen molar-refractivity contribution in [3.8, 4) is 11.5 Å². The molecule has 0 aliphatic carbocycles. The number of benzene rings is 1. The van der Waals surface area contributed by atoms with Gasteiger partial charge in [-0.15, -0.1) is 12.4 Å². The number of nitrogens with one attached hydrogen (secondary N) is 2. The van der Waals surface area contributed by atoms with Gasteiger partial charge in [0.05, 0.1) is 19.8 Å². The predicted molar refractivity (Wildman–Crippen MR) is 92.9 cm³/mol. The van der Waals surface area contributed by atoms with Crippen LogP contribution in [-0.2, 0) is 0 Å². The van der Waals surface area contributed by atoms with Crippen molar-refractivity contribution in [2.45, 2.75) is 18.9 Å². The lowest BCUT2D eigenvalue weighted by Gasteiger charge is -2.24. The first kappa shape index (κ1) is 18.3. The van der Waals surface area contributed by atoms with Gasteiger partial charge in [-0.3, -0.25) is 4.79 Å². The summed E-state index contributed by atoms with van der Waals surface area (Å²) < 4.78 is 11.3. The van der Waals surface area contributed by atoms with Gasteiger partial charge in [0.15, 0.2) is 11.5 Å². The summed E-state index contributed by atoms with van der Waals surface area (Å²) in [5.74, 6) is 1.14. The standard InChI is InChI=1S/C14H19IN2O3.ClH/c1-19-12-6-10(11(15)7-13(12)20-2)14(18)17-9-4-3-5-16-8-9;/h6-7,9,16H,3-5,8H2,1-2H3,(H,17,18);1H. The van der Waals surface area contributed by atoms with Gasteiger partial charge in [-0.05, 0) is 54.1 Å². The number of carbonyl (C=O) groups excluding carboxylic acids is 1. The maximum Gasteiger partial charge on any atom is 0.252 e. The van der Waals surface area contributed by atoms with Crippen LogP contribution in [-0.4, -0.2) is 39.3 Å². The molecule has 1 saturated heterocycles. The zero-order chi connectivity index (χ0) is 14.5. The summed E-state index contributed by atoms with van der Waals surface area (Å²) in [5.41, 5.74) is 0.619. The van der Waals surface area contributed by atoms with E-state index in [4.69, 9.17) is 9.47 Å². The Kier molecular flexibility index (Phi) is 7.55. The van der Waals surface area contributed by atoms with Gasteiger partial charge >= 0.3 is 0 Å². The van der Waals surface area contributed by atoms with E-state index in [2.05, 4.69) is 33.2 Å². The predicted octanol–water partition coefficient (Wildman–Crippen LogP) is 2.21. The number of amides is 1. The molecule has 0 radical (unpaired) electrons. The molecule has 0 saturated carbocycles. The highest BCUT2D eigenvalue weighted by molar-refractivity contribution is 14.1. The van der Waals surface area contributed by atoms with Crippen LogP contribution in [0.4, 0.5) is 0 Å². The molecule has 1 aromatic carbocycles. The largest absolute Gasteiger partial charge is 0.493 e. The molecule has 0 bridgehead atoms. The van der Waals surface area contributed by atoms with Gasteiger partial charge in [-0.25, -0.2) is 0 Å². The van der Waals surface area contributed by atoms with E-state index < -0.39 is 0 Å². The molecule has 0 aromatic heterocycles. The summed E-state index contributed by atoms with van der Waals surface area (Å²) >= 11 is 2.14. The Balaban J connectivity index is 0.00000220. The number of rotatable bonds is 4. The Morgan fingerprint density at radius 2 is 2.00 bits per heavy atom. The molecule has 1 fully saturated rings. The maximum absolute atomic E-state index is 12.4. The summed E-state index contributed by atoms with van der Waals surface area (Å²) in [6.45, 7) is 1.86. The van der Waals surface area contributed by atoms with Crippen LogP contribution >= 0.6 is 35.0 Å². The van der Waals surface area contributed by atoms with Crippen LogP contribution in [0.3, 0.4) is 0 Å². The fourth-order valence-corrected chi connectivity index (χ4v) is 2.95. The van der Waals surface area contributed by atoms with E-state index in [1.807, 2.05) is 6.07 Å². The molecule has 2 rings (SSSR count). The fraction of sp³-hybridized carbons (Fsp3) is 0.500. The SMILES string of the molecule is COc1cc(I)c(C(=O)NC2CCCNC2)cc1OC.Cl. The molecule has 1 unspecified atom stereocenters. The van der Waals surface area contributed by atoms with Crippen LogP contribution < -0.4 is 20.1 Å². The van der Waals surface area contributed by atoms with Gasteiger partial charge in [0.25, 0.3) is 5.91 Å². The minimum atomic E-state index is -0.0657. The number of piperidine rings is 1. The molecule has 1 amide bonds. The summed E-state index contributed by atoms with van der Waals surface area (Å²) in [6.07, 6.45) is 2.11. The highest BCUT2D eigenvalue weighted by Crippen LogP contribution is 2.31. The molecule has 2 N–H and O–H groups in total. The second-order valence-electron chi connectivity index (χ2n) is 4.70. The number of carbonyl (C=O) groups is 1. The van der Waals surface area contributed by atoms with Crippen LogP contribution in [0.25, 0.3) is 0 Å². The third-order valence-corrected chi connectivity index (χ3v) is 4.24. The summed E-state index contributed by atoms with van der Waals surface area (Å²) in [5, 5.41) is 6.35. The van der Waals surface area contributed by atoms with Crippen molar-refractivity contribution in [2.75, 3.05) is 27.3 Å². The number of hydrogen-bond acceptors (Lipinski definition) is 4. The third kappa shape index (κ3) is 4.62. The van der Waals surface area contributed by atoms with E-state index in [9.17, 15) is 4.79 Å². The van der Waals surface area contributed by atoms with Crippen LogP contribution in [0.2, 0.25) is 0 Å². The fourth-order valence-electron chi connectivity index (χ4n) is 2.27. The van der Waals surface area contributed by atoms with E-state index in [1.54, 1.807) is 20.3 Å². The molecule has 118 valence electrons. The van der Waals surface area contributed by atoms with Crippen molar-refractivity contribution in [1.29, 1.82) is 0 Å². The number of halogens is 2. The topological polar surface area (TPSA) is 59.6 Å². The van der Waals surface area contributed by atoms with Crippen LogP contribution in [0.5, 0.6) is 11.5 Å². The van der Waals surface area contributed by atoms with Crippen LogP contribution in [0, 0.1) is 3.57 Å². The highest BCUT2D eigenvalue weighted by Gasteiger charge is 2.19. The van der Waals surface area contributed by atoms with Crippen molar-refractivity contribution < 1.29 is 14.3 Å². The van der Waals surface area contributed by atoms with Gasteiger partial charge in [-0.2, -0.15) is 0 Å². The summed E-state index contributed by atoms with van der Waals surface area (Å²) in [6, 6.07) is 3.74. The maximum atomic E-state index is 12.4. The van der Waals surface area contributed by atoms with Crippen LogP contribution in [0.15, 0.2) is 12.1 Å². The Hall–Kier alpha value is -0.730. The van der Waals surface area contributed by atoms with E-state index in [1.165, 1.54) is 0 Å². The highest BCUT2D eigenvalue weighted by atomic mass is 127. The lowest BCUT2D eigenvalue weighted by Crippen LogP contribution is -2.45. The molecule has 7 heteroatoms. The first-order valence-electron chi connectivity index (χ1n) is 6.58. The normalized spacial score (nSPS) is 17.6. The van der Waals surface area contributed by atoms with E-state index in [0.717, 1.165) is 29.5 Å². The van der Waals surface area contributed by atoms with Gasteiger partial charge < -0.3 is 20.1 Å². The van der Waals surface area contributed by atoms with E-state index in [-0.39, 0.29) is 24.4 Å². The van der Waals surface area contributed by atoms with Crippen molar-refractivity contribution in [1.82, 2.24) is 10.6 Å². The second-order valence-corrected chi connectivity index (χ2v) is 5.87. The number of ether oxygens (including phenoxy) is 2. The second kappa shape index (κ2) is 8.65. The molecule has 1 heterocycles.